The maximum Gasteiger partial charge on any atom is 0.417 e. The molecule has 0 saturated heterocycles. The van der Waals surface area contributed by atoms with Gasteiger partial charge in [0.15, 0.2) is 5.58 Å². The summed E-state index contributed by atoms with van der Waals surface area (Å²) in [6.45, 7) is 2.15. The van der Waals surface area contributed by atoms with Crippen LogP contribution in [0.3, 0.4) is 0 Å². The SMILES string of the molecule is CCCCS(=O)(=O)NCc1ccc2oc(=O)[nH]c2c1. The van der Waals surface area contributed by atoms with Crippen LogP contribution in [-0.2, 0) is 16.6 Å². The third-order valence-electron chi connectivity index (χ3n) is 2.75. The maximum absolute atomic E-state index is 11.6. The summed E-state index contributed by atoms with van der Waals surface area (Å²) in [5, 5.41) is 0. The van der Waals surface area contributed by atoms with Crippen LogP contribution < -0.4 is 10.5 Å². The number of nitrogens with one attached hydrogen (secondary N) is 2. The number of oxazole rings is 1. The van der Waals surface area contributed by atoms with Crippen LogP contribution in [0.4, 0.5) is 0 Å². The highest BCUT2D eigenvalue weighted by Gasteiger charge is 2.09. The van der Waals surface area contributed by atoms with Gasteiger partial charge >= 0.3 is 5.76 Å². The van der Waals surface area contributed by atoms with Gasteiger partial charge in [0.2, 0.25) is 10.0 Å². The van der Waals surface area contributed by atoms with E-state index in [0.717, 1.165) is 12.0 Å². The Morgan fingerprint density at radius 2 is 2.16 bits per heavy atom. The molecule has 6 nitrogen and oxygen atoms in total. The van der Waals surface area contributed by atoms with Crippen LogP contribution in [0.5, 0.6) is 0 Å². The van der Waals surface area contributed by atoms with Crippen molar-refractivity contribution in [3.63, 3.8) is 0 Å². The zero-order valence-corrected chi connectivity index (χ0v) is 11.4. The number of aromatic nitrogens is 1. The fourth-order valence-electron chi connectivity index (χ4n) is 1.71. The fraction of sp³-hybridized carbons (Fsp3) is 0.417. The lowest BCUT2D eigenvalue weighted by Crippen LogP contribution is -2.25. The van der Waals surface area contributed by atoms with Gasteiger partial charge in [0.25, 0.3) is 0 Å². The summed E-state index contributed by atoms with van der Waals surface area (Å²) in [5.74, 6) is -0.385. The van der Waals surface area contributed by atoms with Crippen LogP contribution in [-0.4, -0.2) is 19.2 Å². The van der Waals surface area contributed by atoms with E-state index in [1.54, 1.807) is 18.2 Å². The summed E-state index contributed by atoms with van der Waals surface area (Å²) >= 11 is 0. The van der Waals surface area contributed by atoms with Gasteiger partial charge in [-0.1, -0.05) is 19.4 Å². The van der Waals surface area contributed by atoms with Gasteiger partial charge in [-0.25, -0.2) is 17.9 Å². The molecule has 1 aromatic carbocycles. The minimum Gasteiger partial charge on any atom is -0.408 e. The average Bonchev–Trinajstić information content (AvgIpc) is 2.73. The van der Waals surface area contributed by atoms with Crippen molar-refractivity contribution < 1.29 is 12.8 Å². The van der Waals surface area contributed by atoms with Crippen molar-refractivity contribution in [1.29, 1.82) is 0 Å². The first-order valence-electron chi connectivity index (χ1n) is 6.09. The van der Waals surface area contributed by atoms with Crippen molar-refractivity contribution in [2.24, 2.45) is 0 Å². The van der Waals surface area contributed by atoms with Crippen molar-refractivity contribution in [3.05, 3.63) is 34.3 Å². The van der Waals surface area contributed by atoms with Crippen molar-refractivity contribution in [3.8, 4) is 0 Å². The van der Waals surface area contributed by atoms with Crippen molar-refractivity contribution in [1.82, 2.24) is 9.71 Å². The van der Waals surface area contributed by atoms with Crippen LogP contribution in [0.2, 0.25) is 0 Å². The van der Waals surface area contributed by atoms with E-state index in [1.165, 1.54) is 0 Å². The quantitative estimate of drug-likeness (QED) is 0.837. The highest BCUT2D eigenvalue weighted by atomic mass is 32.2. The summed E-state index contributed by atoms with van der Waals surface area (Å²) < 4.78 is 30.7. The maximum atomic E-state index is 11.6. The fourth-order valence-corrected chi connectivity index (χ4v) is 2.91. The zero-order chi connectivity index (χ0) is 13.9. The van der Waals surface area contributed by atoms with E-state index in [0.29, 0.717) is 17.5 Å². The molecule has 0 spiro atoms. The highest BCUT2D eigenvalue weighted by Crippen LogP contribution is 2.12. The monoisotopic (exact) mass is 284 g/mol. The molecule has 7 heteroatoms. The standard InChI is InChI=1S/C12H16N2O4S/c1-2-3-6-19(16,17)13-8-9-4-5-11-10(7-9)14-12(15)18-11/h4-5,7,13H,2-3,6,8H2,1H3,(H,14,15). The molecule has 0 aliphatic rings. The predicted molar refractivity (Wildman–Crippen MR) is 72.4 cm³/mol. The van der Waals surface area contributed by atoms with Crippen LogP contribution in [0.25, 0.3) is 11.1 Å². The number of H-pyrrole nitrogens is 1. The molecule has 0 fully saturated rings. The molecule has 0 aliphatic carbocycles. The van der Waals surface area contributed by atoms with Gasteiger partial charge in [-0.2, -0.15) is 0 Å². The first-order chi connectivity index (χ1) is 9.00. The lowest BCUT2D eigenvalue weighted by molar-refractivity contribution is 0.555. The van der Waals surface area contributed by atoms with Gasteiger partial charge in [-0.15, -0.1) is 0 Å². The van der Waals surface area contributed by atoms with E-state index in [9.17, 15) is 13.2 Å². The number of aromatic amines is 1. The Bertz CT molecular complexity index is 715. The highest BCUT2D eigenvalue weighted by molar-refractivity contribution is 7.89. The van der Waals surface area contributed by atoms with Crippen LogP contribution >= 0.6 is 0 Å². The number of hydrogen-bond acceptors (Lipinski definition) is 4. The van der Waals surface area contributed by atoms with Crippen LogP contribution in [0.15, 0.2) is 27.4 Å². The van der Waals surface area contributed by atoms with Gasteiger partial charge in [-0.05, 0) is 24.1 Å². The Hall–Kier alpha value is -1.60. The summed E-state index contributed by atoms with van der Waals surface area (Å²) in [7, 11) is -3.24. The Morgan fingerprint density at radius 3 is 2.89 bits per heavy atom. The molecule has 0 unspecified atom stereocenters. The van der Waals surface area contributed by atoms with Crippen LogP contribution in [0.1, 0.15) is 25.3 Å². The number of fused-ring (bicyclic) bond motifs is 1. The van der Waals surface area contributed by atoms with E-state index < -0.39 is 15.8 Å². The number of hydrogen-bond donors (Lipinski definition) is 2. The van der Waals surface area contributed by atoms with E-state index in [1.807, 2.05) is 6.92 Å². The Labute approximate surface area is 110 Å². The van der Waals surface area contributed by atoms with Gasteiger partial charge in [0.05, 0.1) is 11.3 Å². The van der Waals surface area contributed by atoms with E-state index in [2.05, 4.69) is 9.71 Å². The van der Waals surface area contributed by atoms with Gasteiger partial charge in [0.1, 0.15) is 0 Å². The lowest BCUT2D eigenvalue weighted by atomic mass is 10.2. The normalized spacial score (nSPS) is 12.1. The molecule has 104 valence electrons. The molecule has 0 radical (unpaired) electrons. The Kier molecular flexibility index (Phi) is 4.06. The number of benzene rings is 1. The number of rotatable bonds is 6. The van der Waals surface area contributed by atoms with Gasteiger partial charge in [-0.3, -0.25) is 4.98 Å². The zero-order valence-electron chi connectivity index (χ0n) is 10.6. The van der Waals surface area contributed by atoms with Crippen molar-refractivity contribution in [2.45, 2.75) is 26.3 Å². The second kappa shape index (κ2) is 5.58. The first kappa shape index (κ1) is 13.8. The average molecular weight is 284 g/mol. The smallest absolute Gasteiger partial charge is 0.408 e. The van der Waals surface area contributed by atoms with E-state index >= 15 is 0 Å². The molecule has 2 aromatic rings. The third kappa shape index (κ3) is 3.68. The molecule has 19 heavy (non-hydrogen) atoms. The van der Waals surface area contributed by atoms with Crippen molar-refractivity contribution in [2.75, 3.05) is 5.75 Å². The Morgan fingerprint density at radius 1 is 1.37 bits per heavy atom. The summed E-state index contributed by atoms with van der Waals surface area (Å²) in [6, 6.07) is 5.06. The molecule has 0 aliphatic heterocycles. The summed E-state index contributed by atoms with van der Waals surface area (Å²) in [4.78, 5) is 13.5. The molecule has 2 N–H and O–H groups in total. The Balaban J connectivity index is 2.07. The summed E-state index contributed by atoms with van der Waals surface area (Å²) in [5.41, 5.74) is 1.79. The largest absolute Gasteiger partial charge is 0.417 e. The molecular formula is C12H16N2O4S. The van der Waals surface area contributed by atoms with Gasteiger partial charge < -0.3 is 4.42 Å². The molecule has 1 heterocycles. The molecule has 2 rings (SSSR count). The lowest BCUT2D eigenvalue weighted by Gasteiger charge is -2.06. The minimum absolute atomic E-state index is 0.133. The van der Waals surface area contributed by atoms with Gasteiger partial charge in [0, 0.05) is 6.54 Å². The minimum atomic E-state index is -3.24. The number of sulfonamides is 1. The molecule has 0 saturated carbocycles. The molecule has 0 atom stereocenters. The van der Waals surface area contributed by atoms with Crippen molar-refractivity contribution >= 4 is 21.1 Å². The second-order valence-corrected chi connectivity index (χ2v) is 6.26. The molecule has 0 amide bonds. The molecular weight excluding hydrogens is 268 g/mol. The van der Waals surface area contributed by atoms with Crippen LogP contribution in [0, 0.1) is 0 Å². The third-order valence-corrected chi connectivity index (χ3v) is 4.16. The summed E-state index contributed by atoms with van der Waals surface area (Å²) in [6.07, 6.45) is 1.48. The molecule has 1 aromatic heterocycles. The molecule has 0 bridgehead atoms. The second-order valence-electron chi connectivity index (χ2n) is 4.34. The first-order valence-corrected chi connectivity index (χ1v) is 7.74. The topological polar surface area (TPSA) is 92.2 Å². The number of unbranched alkanes of at least 4 members (excludes halogenated alkanes) is 1. The van der Waals surface area contributed by atoms with E-state index in [-0.39, 0.29) is 12.3 Å². The van der Waals surface area contributed by atoms with E-state index in [4.69, 9.17) is 4.42 Å². The predicted octanol–water partition coefficient (Wildman–Crippen LogP) is 1.34.